The molecule has 1 aromatic rings. The van der Waals surface area contributed by atoms with Crippen molar-refractivity contribution in [2.24, 2.45) is 0 Å². The molecule has 0 spiro atoms. The molecule has 5 heteroatoms. The average Bonchev–Trinajstić information content (AvgIpc) is 2.35. The fourth-order valence-electron chi connectivity index (χ4n) is 0.573. The zero-order valence-corrected chi connectivity index (χ0v) is 5.41. The lowest BCUT2D eigenvalue weighted by molar-refractivity contribution is -0.131. The van der Waals surface area contributed by atoms with Gasteiger partial charge in [-0.15, -0.1) is 0 Å². The van der Waals surface area contributed by atoms with Crippen molar-refractivity contribution in [3.05, 3.63) is 24.3 Å². The number of nitrogens with one attached hydrogen (secondary N) is 1. The highest BCUT2D eigenvalue weighted by molar-refractivity contribution is 5.87. The molecule has 1 rings (SSSR count). The van der Waals surface area contributed by atoms with E-state index in [4.69, 9.17) is 5.11 Å². The monoisotopic (exact) mass is 156 g/mol. The van der Waals surface area contributed by atoms with Gasteiger partial charge in [-0.2, -0.15) is 0 Å². The number of carbonyl (C=O) groups is 1. The van der Waals surface area contributed by atoms with Crippen LogP contribution in [-0.2, 0) is 4.79 Å². The van der Waals surface area contributed by atoms with E-state index in [0.717, 1.165) is 0 Å². The van der Waals surface area contributed by atoms with Gasteiger partial charge < -0.3 is 10.1 Å². The average molecular weight is 156 g/mol. The topological polar surface area (TPSA) is 66.0 Å². The minimum Gasteiger partial charge on any atom is -0.478 e. The molecule has 0 saturated heterocycles. The van der Waals surface area contributed by atoms with Crippen LogP contribution in [0.1, 0.15) is 5.69 Å². The van der Waals surface area contributed by atoms with Crippen LogP contribution >= 0.6 is 0 Å². The second-order valence-corrected chi connectivity index (χ2v) is 1.80. The summed E-state index contributed by atoms with van der Waals surface area (Å²) in [5.74, 6) is -2.16. The van der Waals surface area contributed by atoms with E-state index in [0.29, 0.717) is 6.08 Å². The number of nitrogens with zero attached hydrogens (tertiary/aromatic N) is 1. The van der Waals surface area contributed by atoms with Crippen LogP contribution in [0.15, 0.2) is 18.6 Å². The smallest absolute Gasteiger partial charge is 0.331 e. The van der Waals surface area contributed by atoms with E-state index in [1.54, 1.807) is 0 Å². The number of halogens is 1. The first-order valence-electron chi connectivity index (χ1n) is 2.79. The molecule has 0 atom stereocenters. The van der Waals surface area contributed by atoms with Crippen LogP contribution in [0.2, 0.25) is 0 Å². The molecule has 0 aliphatic heterocycles. The van der Waals surface area contributed by atoms with Gasteiger partial charge in [0.05, 0.1) is 24.3 Å². The Labute approximate surface area is 61.4 Å². The number of aromatic nitrogens is 2. The fraction of sp³-hybridized carbons (Fsp3) is 0. The third-order valence-corrected chi connectivity index (χ3v) is 1.01. The van der Waals surface area contributed by atoms with Crippen molar-refractivity contribution >= 4 is 11.8 Å². The first-order valence-corrected chi connectivity index (χ1v) is 2.79. The van der Waals surface area contributed by atoms with E-state index < -0.39 is 11.8 Å². The number of aromatic amines is 1. The molecule has 2 N–H and O–H groups in total. The quantitative estimate of drug-likeness (QED) is 0.622. The minimum atomic E-state index is -1.32. The third-order valence-electron chi connectivity index (χ3n) is 1.01. The first kappa shape index (κ1) is 7.46. The molecule has 0 bridgehead atoms. The first-order chi connectivity index (χ1) is 5.20. The van der Waals surface area contributed by atoms with E-state index >= 15 is 0 Å². The van der Waals surface area contributed by atoms with Gasteiger partial charge >= 0.3 is 5.97 Å². The Morgan fingerprint density at radius 3 is 3.00 bits per heavy atom. The van der Waals surface area contributed by atoms with Gasteiger partial charge in [0.15, 0.2) is 5.83 Å². The van der Waals surface area contributed by atoms with Crippen LogP contribution in [0.4, 0.5) is 4.39 Å². The zero-order valence-electron chi connectivity index (χ0n) is 5.41. The number of rotatable bonds is 2. The molecule has 11 heavy (non-hydrogen) atoms. The number of carboxylic acids is 1. The SMILES string of the molecule is O=C(O)/C=C(/F)c1cnc[nH]1. The van der Waals surface area contributed by atoms with Crippen molar-refractivity contribution < 1.29 is 14.3 Å². The second-order valence-electron chi connectivity index (χ2n) is 1.80. The summed E-state index contributed by atoms with van der Waals surface area (Å²) in [6, 6.07) is 0. The van der Waals surface area contributed by atoms with Crippen LogP contribution in [-0.4, -0.2) is 21.0 Å². The maximum absolute atomic E-state index is 12.6. The molecule has 0 aromatic carbocycles. The van der Waals surface area contributed by atoms with Crippen molar-refractivity contribution in [1.82, 2.24) is 9.97 Å². The van der Waals surface area contributed by atoms with Crippen molar-refractivity contribution in [2.75, 3.05) is 0 Å². The van der Waals surface area contributed by atoms with Crippen LogP contribution in [0.25, 0.3) is 5.83 Å². The lowest BCUT2D eigenvalue weighted by atomic mass is 10.4. The fourth-order valence-corrected chi connectivity index (χ4v) is 0.573. The molecule has 0 radical (unpaired) electrons. The van der Waals surface area contributed by atoms with Crippen LogP contribution in [0, 0.1) is 0 Å². The molecular formula is C6H5FN2O2. The Bertz CT molecular complexity index is 279. The summed E-state index contributed by atoms with van der Waals surface area (Å²) in [4.78, 5) is 15.9. The number of imidazole rings is 1. The van der Waals surface area contributed by atoms with Gasteiger partial charge in [0.25, 0.3) is 0 Å². The summed E-state index contributed by atoms with van der Waals surface area (Å²) in [6.07, 6.45) is 2.94. The number of hydrogen-bond donors (Lipinski definition) is 2. The lowest BCUT2D eigenvalue weighted by Gasteiger charge is -1.87. The molecule has 0 saturated carbocycles. The Hall–Kier alpha value is -1.65. The summed E-state index contributed by atoms with van der Waals surface area (Å²) in [5, 5.41) is 8.13. The molecule has 4 nitrogen and oxygen atoms in total. The molecule has 0 aliphatic carbocycles. The van der Waals surface area contributed by atoms with Gasteiger partial charge in [0.1, 0.15) is 0 Å². The summed E-state index contributed by atoms with van der Waals surface area (Å²) in [5.41, 5.74) is 0.0624. The molecule has 0 unspecified atom stereocenters. The standard InChI is InChI=1S/C6H5FN2O2/c7-4(1-6(10)11)5-2-8-3-9-5/h1-3H,(H,8,9)(H,10,11)/b4-1+. The van der Waals surface area contributed by atoms with Crippen molar-refractivity contribution in [1.29, 1.82) is 0 Å². The van der Waals surface area contributed by atoms with Gasteiger partial charge in [-0.05, 0) is 0 Å². The number of aliphatic carboxylic acids is 1. The van der Waals surface area contributed by atoms with E-state index in [2.05, 4.69) is 9.97 Å². The molecule has 1 heterocycles. The van der Waals surface area contributed by atoms with Gasteiger partial charge in [-0.3, -0.25) is 0 Å². The number of H-pyrrole nitrogens is 1. The highest BCUT2D eigenvalue weighted by Gasteiger charge is 2.02. The Morgan fingerprint density at radius 2 is 2.55 bits per heavy atom. The van der Waals surface area contributed by atoms with Crippen LogP contribution in [0.3, 0.4) is 0 Å². The summed E-state index contributed by atoms with van der Waals surface area (Å²) in [6.45, 7) is 0. The molecule has 0 fully saturated rings. The second kappa shape index (κ2) is 2.96. The van der Waals surface area contributed by atoms with Crippen LogP contribution < -0.4 is 0 Å². The highest BCUT2D eigenvalue weighted by Crippen LogP contribution is 2.10. The van der Waals surface area contributed by atoms with Gasteiger partial charge in [-0.25, -0.2) is 14.2 Å². The Morgan fingerprint density at radius 1 is 1.82 bits per heavy atom. The molecule has 1 aromatic heterocycles. The van der Waals surface area contributed by atoms with Crippen molar-refractivity contribution in [2.45, 2.75) is 0 Å². The predicted octanol–water partition coefficient (Wildman–Crippen LogP) is 0.805. The molecule has 0 amide bonds. The van der Waals surface area contributed by atoms with Gasteiger partial charge in [0, 0.05) is 0 Å². The largest absolute Gasteiger partial charge is 0.478 e. The van der Waals surface area contributed by atoms with E-state index in [9.17, 15) is 9.18 Å². The summed E-state index contributed by atoms with van der Waals surface area (Å²) in [7, 11) is 0. The highest BCUT2D eigenvalue weighted by atomic mass is 19.1. The maximum Gasteiger partial charge on any atom is 0.331 e. The van der Waals surface area contributed by atoms with Gasteiger partial charge in [0.2, 0.25) is 0 Å². The van der Waals surface area contributed by atoms with E-state index in [-0.39, 0.29) is 5.69 Å². The summed E-state index contributed by atoms with van der Waals surface area (Å²) < 4.78 is 12.6. The molecule has 58 valence electrons. The minimum absolute atomic E-state index is 0.0624. The summed E-state index contributed by atoms with van der Waals surface area (Å²) >= 11 is 0. The lowest BCUT2D eigenvalue weighted by Crippen LogP contribution is -1.88. The van der Waals surface area contributed by atoms with E-state index in [1.165, 1.54) is 12.5 Å². The normalized spacial score (nSPS) is 11.5. The number of carboxylic acid groups (broad SMARTS) is 1. The van der Waals surface area contributed by atoms with E-state index in [1.807, 2.05) is 0 Å². The van der Waals surface area contributed by atoms with Crippen molar-refractivity contribution in [3.63, 3.8) is 0 Å². The molecule has 0 aliphatic rings. The third kappa shape index (κ3) is 1.89. The maximum atomic E-state index is 12.6. The zero-order chi connectivity index (χ0) is 8.27. The van der Waals surface area contributed by atoms with Crippen LogP contribution in [0.5, 0.6) is 0 Å². The predicted molar refractivity (Wildman–Crippen MR) is 35.3 cm³/mol. The van der Waals surface area contributed by atoms with Gasteiger partial charge in [-0.1, -0.05) is 0 Å². The molecular weight excluding hydrogens is 151 g/mol. The Balaban J connectivity index is 2.86. The Kier molecular flexibility index (Phi) is 2.00. The van der Waals surface area contributed by atoms with Crippen molar-refractivity contribution in [3.8, 4) is 0 Å². The number of hydrogen-bond acceptors (Lipinski definition) is 2.